The number of hydrogen-bond donors (Lipinski definition) is 0. The molecule has 9 rings (SSSR count). The van der Waals surface area contributed by atoms with Crippen LogP contribution in [0.3, 0.4) is 0 Å². The highest BCUT2D eigenvalue weighted by atomic mass is 16.5. The highest BCUT2D eigenvalue weighted by molar-refractivity contribution is 6.13. The zero-order valence-corrected chi connectivity index (χ0v) is 25.8. The van der Waals surface area contributed by atoms with E-state index in [1.54, 1.807) is 6.08 Å². The summed E-state index contributed by atoms with van der Waals surface area (Å²) in [7, 11) is 0. The molecule has 2 heterocycles. The van der Waals surface area contributed by atoms with Crippen LogP contribution in [0, 0.1) is 0 Å². The van der Waals surface area contributed by atoms with Gasteiger partial charge in [-0.15, -0.1) is 0 Å². The second-order valence-corrected chi connectivity index (χ2v) is 12.7. The van der Waals surface area contributed by atoms with Gasteiger partial charge < -0.3 is 14.4 Å². The summed E-state index contributed by atoms with van der Waals surface area (Å²) >= 11 is 0. The zero-order valence-electron chi connectivity index (χ0n) is 25.8. The number of nitrogens with zero attached hydrogens (tertiary/aromatic N) is 1. The molecule has 0 radical (unpaired) electrons. The molecule has 0 saturated carbocycles. The van der Waals surface area contributed by atoms with E-state index in [0.29, 0.717) is 5.76 Å². The van der Waals surface area contributed by atoms with Gasteiger partial charge in [0.15, 0.2) is 0 Å². The SMILES string of the molecule is C=C/C=C1/Oc2ccc3c4c(ccc(c24)C1=C)Oc1cc(N(c2ccccc2)c2ccc4c(c2)C(C)(C)c2ccccc2-4)ccc1-3. The first-order valence-electron chi connectivity index (χ1n) is 15.7. The van der Waals surface area contributed by atoms with Crippen molar-refractivity contribution in [2.24, 2.45) is 0 Å². The Morgan fingerprint density at radius 3 is 2.00 bits per heavy atom. The number of benzene rings is 6. The van der Waals surface area contributed by atoms with Crippen LogP contribution in [0.4, 0.5) is 17.1 Å². The van der Waals surface area contributed by atoms with Crippen LogP contribution in [0.5, 0.6) is 17.2 Å². The van der Waals surface area contributed by atoms with Gasteiger partial charge in [-0.25, -0.2) is 0 Å². The average molecular weight is 594 g/mol. The summed E-state index contributed by atoms with van der Waals surface area (Å²) in [5.41, 5.74) is 12.5. The lowest BCUT2D eigenvalue weighted by atomic mass is 9.82. The molecule has 3 aliphatic rings. The molecule has 0 spiro atoms. The third kappa shape index (κ3) is 3.66. The first-order valence-corrected chi connectivity index (χ1v) is 15.7. The second kappa shape index (κ2) is 9.60. The van der Waals surface area contributed by atoms with Gasteiger partial charge in [-0.2, -0.15) is 0 Å². The zero-order chi connectivity index (χ0) is 31.2. The molecule has 0 atom stereocenters. The molecule has 0 N–H and O–H groups in total. The lowest BCUT2D eigenvalue weighted by Gasteiger charge is -2.30. The fourth-order valence-corrected chi connectivity index (χ4v) is 7.56. The van der Waals surface area contributed by atoms with Gasteiger partial charge in [0.05, 0.1) is 0 Å². The Morgan fingerprint density at radius 2 is 1.20 bits per heavy atom. The fraction of sp³-hybridized carbons (Fsp3) is 0.0698. The number of ether oxygens (including phenoxy) is 2. The van der Waals surface area contributed by atoms with Crippen LogP contribution < -0.4 is 14.4 Å². The molecular formula is C43H31NO2. The maximum Gasteiger partial charge on any atom is 0.137 e. The predicted molar refractivity (Wildman–Crippen MR) is 190 cm³/mol. The van der Waals surface area contributed by atoms with Gasteiger partial charge in [-0.3, -0.25) is 0 Å². The van der Waals surface area contributed by atoms with Crippen molar-refractivity contribution in [3.8, 4) is 39.5 Å². The molecule has 0 aromatic heterocycles. The highest BCUT2D eigenvalue weighted by Crippen LogP contribution is 2.55. The van der Waals surface area contributed by atoms with Crippen molar-refractivity contribution in [2.75, 3.05) is 4.90 Å². The molecule has 6 aromatic rings. The fourth-order valence-electron chi connectivity index (χ4n) is 7.56. The molecule has 0 saturated heterocycles. The topological polar surface area (TPSA) is 21.7 Å². The minimum absolute atomic E-state index is 0.0941. The van der Waals surface area contributed by atoms with Crippen molar-refractivity contribution in [1.29, 1.82) is 0 Å². The van der Waals surface area contributed by atoms with Crippen LogP contribution >= 0.6 is 0 Å². The van der Waals surface area contributed by atoms with E-state index >= 15 is 0 Å². The van der Waals surface area contributed by atoms with Crippen molar-refractivity contribution in [2.45, 2.75) is 19.3 Å². The summed E-state index contributed by atoms with van der Waals surface area (Å²) in [6, 6.07) is 41.1. The third-order valence-electron chi connectivity index (χ3n) is 9.77. The molecule has 0 unspecified atom stereocenters. The second-order valence-electron chi connectivity index (χ2n) is 12.7. The average Bonchev–Trinajstić information content (AvgIpc) is 3.31. The number of allylic oxidation sites excluding steroid dienone is 3. The molecule has 46 heavy (non-hydrogen) atoms. The van der Waals surface area contributed by atoms with E-state index in [2.05, 4.69) is 147 Å². The van der Waals surface area contributed by atoms with E-state index in [1.165, 1.54) is 22.3 Å². The summed E-state index contributed by atoms with van der Waals surface area (Å²) in [4.78, 5) is 2.32. The van der Waals surface area contributed by atoms with E-state index in [1.807, 2.05) is 6.08 Å². The largest absolute Gasteiger partial charge is 0.456 e. The van der Waals surface area contributed by atoms with Gasteiger partial charge in [0, 0.05) is 50.5 Å². The molecule has 1 aliphatic carbocycles. The number of rotatable bonds is 4. The predicted octanol–water partition coefficient (Wildman–Crippen LogP) is 11.9. The number of hydrogen-bond acceptors (Lipinski definition) is 3. The van der Waals surface area contributed by atoms with E-state index in [4.69, 9.17) is 9.47 Å². The lowest BCUT2D eigenvalue weighted by Crippen LogP contribution is -2.16. The Bertz CT molecular complexity index is 2330. The van der Waals surface area contributed by atoms with Gasteiger partial charge in [-0.05, 0) is 100 Å². The Labute approximate surface area is 269 Å². The molecule has 6 aromatic carbocycles. The van der Waals surface area contributed by atoms with Crippen LogP contribution in [-0.4, -0.2) is 0 Å². The molecule has 3 heteroatoms. The van der Waals surface area contributed by atoms with Crippen LogP contribution in [0.1, 0.15) is 30.5 Å². The van der Waals surface area contributed by atoms with Crippen LogP contribution in [0.25, 0.3) is 38.6 Å². The molecule has 0 bridgehead atoms. The minimum Gasteiger partial charge on any atom is -0.456 e. The van der Waals surface area contributed by atoms with E-state index in [0.717, 1.165) is 67.3 Å². The molecule has 0 amide bonds. The molecular weight excluding hydrogens is 562 g/mol. The van der Waals surface area contributed by atoms with Gasteiger partial charge in [0.2, 0.25) is 0 Å². The van der Waals surface area contributed by atoms with Gasteiger partial charge in [-0.1, -0.05) is 81.6 Å². The molecule has 0 fully saturated rings. The van der Waals surface area contributed by atoms with Crippen LogP contribution in [0.2, 0.25) is 0 Å². The summed E-state index contributed by atoms with van der Waals surface area (Å²) in [5, 5.41) is 2.08. The van der Waals surface area contributed by atoms with Gasteiger partial charge in [0.25, 0.3) is 0 Å². The maximum atomic E-state index is 6.71. The molecule has 3 nitrogen and oxygen atoms in total. The third-order valence-corrected chi connectivity index (χ3v) is 9.77. The van der Waals surface area contributed by atoms with Crippen molar-refractivity contribution < 1.29 is 9.47 Å². The van der Waals surface area contributed by atoms with E-state index < -0.39 is 0 Å². The first kappa shape index (κ1) is 26.6. The van der Waals surface area contributed by atoms with Crippen molar-refractivity contribution >= 4 is 33.4 Å². The summed E-state index contributed by atoms with van der Waals surface area (Å²) < 4.78 is 13.0. The van der Waals surface area contributed by atoms with Gasteiger partial charge in [0.1, 0.15) is 23.0 Å². The normalized spacial score (nSPS) is 15.4. The monoisotopic (exact) mass is 593 g/mol. The van der Waals surface area contributed by atoms with Gasteiger partial charge >= 0.3 is 0 Å². The van der Waals surface area contributed by atoms with Crippen molar-refractivity contribution in [3.05, 3.63) is 163 Å². The minimum atomic E-state index is -0.0941. The summed E-state index contributed by atoms with van der Waals surface area (Å²) in [6.07, 6.45) is 3.59. The van der Waals surface area contributed by atoms with Crippen molar-refractivity contribution in [3.63, 3.8) is 0 Å². The quantitative estimate of drug-likeness (QED) is 0.203. The lowest BCUT2D eigenvalue weighted by molar-refractivity contribution is 0.449. The molecule has 220 valence electrons. The molecule has 2 aliphatic heterocycles. The maximum absolute atomic E-state index is 6.71. The Balaban J connectivity index is 1.19. The highest BCUT2D eigenvalue weighted by Gasteiger charge is 2.36. The number of anilines is 3. The summed E-state index contributed by atoms with van der Waals surface area (Å²) in [6.45, 7) is 12.8. The van der Waals surface area contributed by atoms with E-state index in [9.17, 15) is 0 Å². The number of para-hydroxylation sites is 1. The van der Waals surface area contributed by atoms with Crippen LogP contribution in [-0.2, 0) is 5.41 Å². The first-order chi connectivity index (χ1) is 22.4. The standard InChI is InChI=1S/C43H31NO2/c1-5-11-37-26(2)30-20-22-39-42-34(21-23-38(45-37)41(30)42)33-19-17-29(25-40(33)46-39)44(27-12-7-6-8-13-27)28-16-18-32-31-14-9-10-15-35(31)43(3,4)36(32)24-28/h5-25H,1-2H2,3-4H3/b37-11+. The Kier molecular flexibility index (Phi) is 5.55. The van der Waals surface area contributed by atoms with Crippen LogP contribution in [0.15, 0.2) is 146 Å². The smallest absolute Gasteiger partial charge is 0.137 e. The van der Waals surface area contributed by atoms with Crippen molar-refractivity contribution in [1.82, 2.24) is 0 Å². The summed E-state index contributed by atoms with van der Waals surface area (Å²) in [5.74, 6) is 3.16. The number of fused-ring (bicyclic) bond motifs is 5. The Hall–Kier alpha value is -5.80. The Morgan fingerprint density at radius 1 is 0.565 bits per heavy atom. The van der Waals surface area contributed by atoms with E-state index in [-0.39, 0.29) is 5.41 Å².